The lowest BCUT2D eigenvalue weighted by atomic mass is 9.90. The molecule has 2 unspecified atom stereocenters. The van der Waals surface area contributed by atoms with Crippen molar-refractivity contribution in [3.63, 3.8) is 0 Å². The summed E-state index contributed by atoms with van der Waals surface area (Å²) in [7, 11) is 0. The minimum absolute atomic E-state index is 0.236. The van der Waals surface area contributed by atoms with Gasteiger partial charge in [0.05, 0.1) is 5.60 Å². The third-order valence-corrected chi connectivity index (χ3v) is 5.44. The van der Waals surface area contributed by atoms with Gasteiger partial charge in [0.25, 0.3) is 0 Å². The molecule has 2 saturated heterocycles. The second-order valence-electron chi connectivity index (χ2n) is 4.82. The molecule has 2 atom stereocenters. The summed E-state index contributed by atoms with van der Waals surface area (Å²) in [5.41, 5.74) is 0.236. The SMILES string of the molecule is CSCCCNC1CCOC2(CCSC2)C1. The quantitative estimate of drug-likeness (QED) is 0.767. The van der Waals surface area contributed by atoms with E-state index in [0.717, 1.165) is 6.61 Å². The van der Waals surface area contributed by atoms with Gasteiger partial charge in [0.1, 0.15) is 0 Å². The van der Waals surface area contributed by atoms with E-state index in [4.69, 9.17) is 4.74 Å². The Morgan fingerprint density at radius 3 is 3.25 bits per heavy atom. The van der Waals surface area contributed by atoms with E-state index >= 15 is 0 Å². The van der Waals surface area contributed by atoms with Crippen LogP contribution in [0.4, 0.5) is 0 Å². The standard InChI is InChI=1S/C12H23NOS2/c1-15-7-2-5-13-11-3-6-14-12(9-11)4-8-16-10-12/h11,13H,2-10H2,1H3. The Morgan fingerprint density at radius 1 is 1.56 bits per heavy atom. The molecule has 1 spiro atoms. The van der Waals surface area contributed by atoms with Crippen LogP contribution in [-0.2, 0) is 4.74 Å². The number of thioether (sulfide) groups is 2. The van der Waals surface area contributed by atoms with Crippen LogP contribution in [0.3, 0.4) is 0 Å². The molecule has 2 aliphatic heterocycles. The van der Waals surface area contributed by atoms with Gasteiger partial charge in [0.15, 0.2) is 0 Å². The van der Waals surface area contributed by atoms with Crippen molar-refractivity contribution >= 4 is 23.5 Å². The van der Waals surface area contributed by atoms with Crippen LogP contribution in [0.15, 0.2) is 0 Å². The lowest BCUT2D eigenvalue weighted by Crippen LogP contribution is -2.47. The Morgan fingerprint density at radius 2 is 2.50 bits per heavy atom. The van der Waals surface area contributed by atoms with Gasteiger partial charge in [-0.1, -0.05) is 0 Å². The smallest absolute Gasteiger partial charge is 0.0795 e. The molecule has 4 heteroatoms. The minimum atomic E-state index is 0.236. The normalized spacial score (nSPS) is 34.7. The Bertz CT molecular complexity index is 207. The zero-order chi connectivity index (χ0) is 11.3. The van der Waals surface area contributed by atoms with Crippen molar-refractivity contribution < 1.29 is 4.74 Å². The Kier molecular flexibility index (Phi) is 5.33. The number of hydrogen-bond acceptors (Lipinski definition) is 4. The molecule has 0 aromatic heterocycles. The molecule has 2 nitrogen and oxygen atoms in total. The maximum Gasteiger partial charge on any atom is 0.0795 e. The Labute approximate surface area is 108 Å². The van der Waals surface area contributed by atoms with Gasteiger partial charge in [-0.15, -0.1) is 0 Å². The highest BCUT2D eigenvalue weighted by molar-refractivity contribution is 7.99. The first-order valence-electron chi connectivity index (χ1n) is 6.29. The molecule has 16 heavy (non-hydrogen) atoms. The van der Waals surface area contributed by atoms with Crippen molar-refractivity contribution in [1.82, 2.24) is 5.32 Å². The molecular formula is C12H23NOS2. The summed E-state index contributed by atoms with van der Waals surface area (Å²) in [6.07, 6.45) is 7.17. The van der Waals surface area contributed by atoms with Crippen LogP contribution in [0.1, 0.15) is 25.7 Å². The van der Waals surface area contributed by atoms with Crippen molar-refractivity contribution in [3.8, 4) is 0 Å². The van der Waals surface area contributed by atoms with E-state index in [-0.39, 0.29) is 5.60 Å². The summed E-state index contributed by atoms with van der Waals surface area (Å²) in [6, 6.07) is 0.703. The fourth-order valence-electron chi connectivity index (χ4n) is 2.59. The van der Waals surface area contributed by atoms with E-state index in [9.17, 15) is 0 Å². The maximum absolute atomic E-state index is 6.02. The number of nitrogens with one attached hydrogen (secondary N) is 1. The second-order valence-corrected chi connectivity index (χ2v) is 6.92. The van der Waals surface area contributed by atoms with Crippen LogP contribution < -0.4 is 5.32 Å². The highest BCUT2D eigenvalue weighted by Crippen LogP contribution is 2.38. The molecule has 2 aliphatic rings. The number of ether oxygens (including phenoxy) is 1. The van der Waals surface area contributed by atoms with Crippen molar-refractivity contribution in [1.29, 1.82) is 0 Å². The monoisotopic (exact) mass is 261 g/mol. The topological polar surface area (TPSA) is 21.3 Å². The van der Waals surface area contributed by atoms with Crippen molar-refractivity contribution in [2.24, 2.45) is 0 Å². The summed E-state index contributed by atoms with van der Waals surface area (Å²) in [6.45, 7) is 2.13. The minimum Gasteiger partial charge on any atom is -0.374 e. The summed E-state index contributed by atoms with van der Waals surface area (Å²) >= 11 is 4.00. The first kappa shape index (κ1) is 13.1. The molecule has 2 fully saturated rings. The average molecular weight is 261 g/mol. The molecule has 1 N–H and O–H groups in total. The molecule has 0 bridgehead atoms. The zero-order valence-electron chi connectivity index (χ0n) is 10.2. The molecule has 0 saturated carbocycles. The lowest BCUT2D eigenvalue weighted by Gasteiger charge is -2.38. The highest BCUT2D eigenvalue weighted by Gasteiger charge is 2.40. The van der Waals surface area contributed by atoms with Gasteiger partial charge in [0, 0.05) is 18.4 Å². The predicted octanol–water partition coefficient (Wildman–Crippen LogP) is 2.38. The fourth-order valence-corrected chi connectivity index (χ4v) is 4.40. The molecule has 0 aromatic rings. The zero-order valence-corrected chi connectivity index (χ0v) is 11.8. The molecule has 94 valence electrons. The fraction of sp³-hybridized carbons (Fsp3) is 1.00. The van der Waals surface area contributed by atoms with Crippen molar-refractivity contribution in [3.05, 3.63) is 0 Å². The molecule has 0 radical (unpaired) electrons. The van der Waals surface area contributed by atoms with Crippen molar-refractivity contribution in [2.45, 2.75) is 37.3 Å². The van der Waals surface area contributed by atoms with Gasteiger partial charge in [-0.3, -0.25) is 0 Å². The van der Waals surface area contributed by atoms with E-state index in [0.29, 0.717) is 6.04 Å². The summed E-state index contributed by atoms with van der Waals surface area (Å²) in [5, 5.41) is 3.70. The largest absolute Gasteiger partial charge is 0.374 e. The maximum atomic E-state index is 6.02. The lowest BCUT2D eigenvalue weighted by molar-refractivity contribution is -0.0699. The number of rotatable bonds is 5. The molecule has 2 rings (SSSR count). The summed E-state index contributed by atoms with van der Waals surface area (Å²) in [4.78, 5) is 0. The van der Waals surface area contributed by atoms with Crippen LogP contribution in [0, 0.1) is 0 Å². The van der Waals surface area contributed by atoms with E-state index in [1.54, 1.807) is 0 Å². The van der Waals surface area contributed by atoms with Gasteiger partial charge in [-0.05, 0) is 50.0 Å². The molecule has 0 amide bonds. The second kappa shape index (κ2) is 6.53. The van der Waals surface area contributed by atoms with Crippen LogP contribution >= 0.6 is 23.5 Å². The molecular weight excluding hydrogens is 238 g/mol. The van der Waals surface area contributed by atoms with Crippen LogP contribution in [0.25, 0.3) is 0 Å². The van der Waals surface area contributed by atoms with Gasteiger partial charge >= 0.3 is 0 Å². The first-order valence-corrected chi connectivity index (χ1v) is 8.84. The van der Waals surface area contributed by atoms with Gasteiger partial charge in [-0.2, -0.15) is 23.5 Å². The molecule has 2 heterocycles. The van der Waals surface area contributed by atoms with E-state index in [2.05, 4.69) is 23.3 Å². The van der Waals surface area contributed by atoms with Crippen LogP contribution in [0.2, 0.25) is 0 Å². The average Bonchev–Trinajstić information content (AvgIpc) is 2.73. The van der Waals surface area contributed by atoms with Crippen LogP contribution in [0.5, 0.6) is 0 Å². The Hall–Kier alpha value is 0.620. The van der Waals surface area contributed by atoms with Crippen molar-refractivity contribution in [2.75, 3.05) is 36.7 Å². The van der Waals surface area contributed by atoms with E-state index in [1.165, 1.54) is 49.5 Å². The predicted molar refractivity (Wildman–Crippen MR) is 74.6 cm³/mol. The van der Waals surface area contributed by atoms with E-state index < -0.39 is 0 Å². The third kappa shape index (κ3) is 3.56. The van der Waals surface area contributed by atoms with Gasteiger partial charge < -0.3 is 10.1 Å². The number of hydrogen-bond donors (Lipinski definition) is 1. The first-order chi connectivity index (χ1) is 7.85. The highest BCUT2D eigenvalue weighted by atomic mass is 32.2. The molecule has 0 aliphatic carbocycles. The summed E-state index contributed by atoms with van der Waals surface area (Å²) < 4.78 is 6.02. The third-order valence-electron chi connectivity index (χ3n) is 3.52. The van der Waals surface area contributed by atoms with E-state index in [1.807, 2.05) is 11.8 Å². The van der Waals surface area contributed by atoms with Gasteiger partial charge in [0.2, 0.25) is 0 Å². The van der Waals surface area contributed by atoms with Crippen LogP contribution in [-0.4, -0.2) is 48.3 Å². The summed E-state index contributed by atoms with van der Waals surface area (Å²) in [5.74, 6) is 3.78. The molecule has 0 aromatic carbocycles. The Balaban J connectivity index is 1.70. The van der Waals surface area contributed by atoms with Gasteiger partial charge in [-0.25, -0.2) is 0 Å².